The molecule has 0 heterocycles. The fourth-order valence-electron chi connectivity index (χ4n) is 2.08. The van der Waals surface area contributed by atoms with Gasteiger partial charge in [0.1, 0.15) is 5.75 Å². The summed E-state index contributed by atoms with van der Waals surface area (Å²) < 4.78 is 0. The summed E-state index contributed by atoms with van der Waals surface area (Å²) in [5.74, 6) is -1.49. The highest BCUT2D eigenvalue weighted by atomic mass is 16.3. The third-order valence-corrected chi connectivity index (χ3v) is 3.34. The van der Waals surface area contributed by atoms with E-state index in [-0.39, 0.29) is 28.7 Å². The zero-order valence-corrected chi connectivity index (χ0v) is 13.0. The lowest BCUT2D eigenvalue weighted by molar-refractivity contribution is -0.118. The summed E-state index contributed by atoms with van der Waals surface area (Å²) >= 11 is 0. The van der Waals surface area contributed by atoms with E-state index < -0.39 is 11.7 Å². The maximum atomic E-state index is 12.1. The van der Waals surface area contributed by atoms with Gasteiger partial charge in [-0.15, -0.1) is 0 Å². The molecular formula is C17H18N2O5. The lowest BCUT2D eigenvalue weighted by Crippen LogP contribution is -2.22. The molecule has 0 atom stereocenters. The summed E-state index contributed by atoms with van der Waals surface area (Å²) in [7, 11) is 0. The predicted octanol–water partition coefficient (Wildman–Crippen LogP) is 1.73. The Hall–Kier alpha value is -3.22. The number of carbonyl (C=O) groups excluding carboxylic acids is 2. The molecule has 0 spiro atoms. The molecule has 2 amide bonds. The maximum Gasteiger partial charge on any atom is 0.255 e. The summed E-state index contributed by atoms with van der Waals surface area (Å²) in [6.45, 7) is 1.88. The molecule has 0 saturated carbocycles. The van der Waals surface area contributed by atoms with E-state index in [1.165, 1.54) is 25.1 Å². The van der Waals surface area contributed by atoms with Crippen LogP contribution in [0.15, 0.2) is 36.4 Å². The van der Waals surface area contributed by atoms with Gasteiger partial charge >= 0.3 is 0 Å². The first-order valence-corrected chi connectivity index (χ1v) is 7.26. The molecule has 7 nitrogen and oxygen atoms in total. The van der Waals surface area contributed by atoms with Crippen molar-refractivity contribution in [1.82, 2.24) is 5.32 Å². The van der Waals surface area contributed by atoms with Crippen LogP contribution in [0, 0.1) is 0 Å². The maximum absolute atomic E-state index is 12.1. The third kappa shape index (κ3) is 4.39. The molecule has 0 aliphatic carbocycles. The van der Waals surface area contributed by atoms with Gasteiger partial charge in [0.05, 0.1) is 5.69 Å². The van der Waals surface area contributed by atoms with Crippen LogP contribution in [0.3, 0.4) is 0 Å². The largest absolute Gasteiger partial charge is 0.506 e. The van der Waals surface area contributed by atoms with Crippen LogP contribution < -0.4 is 10.6 Å². The van der Waals surface area contributed by atoms with Crippen molar-refractivity contribution in [3.05, 3.63) is 47.5 Å². The number of aromatic hydroxyl groups is 3. The van der Waals surface area contributed by atoms with E-state index in [4.69, 9.17) is 0 Å². The molecule has 2 aromatic carbocycles. The minimum Gasteiger partial charge on any atom is -0.506 e. The van der Waals surface area contributed by atoms with Crippen molar-refractivity contribution < 1.29 is 24.9 Å². The summed E-state index contributed by atoms with van der Waals surface area (Å²) in [5, 5.41) is 33.8. The molecule has 0 aromatic heterocycles. The predicted molar refractivity (Wildman–Crippen MR) is 88.2 cm³/mol. The fraction of sp³-hybridized carbons (Fsp3) is 0.176. The first-order chi connectivity index (χ1) is 11.4. The van der Waals surface area contributed by atoms with Gasteiger partial charge in [0.25, 0.3) is 5.91 Å². The highest BCUT2D eigenvalue weighted by molar-refractivity contribution is 6.05. The molecule has 24 heavy (non-hydrogen) atoms. The van der Waals surface area contributed by atoms with Crippen molar-refractivity contribution in [2.75, 3.05) is 11.9 Å². The second kappa shape index (κ2) is 7.36. The van der Waals surface area contributed by atoms with Crippen LogP contribution >= 0.6 is 0 Å². The first-order valence-electron chi connectivity index (χ1n) is 7.26. The second-order valence-corrected chi connectivity index (χ2v) is 5.24. The number of anilines is 1. The number of carbonyl (C=O) groups is 2. The Morgan fingerprint density at radius 2 is 1.71 bits per heavy atom. The molecule has 0 saturated heterocycles. The first kappa shape index (κ1) is 17.1. The minimum absolute atomic E-state index is 0.105. The van der Waals surface area contributed by atoms with Crippen LogP contribution in [-0.4, -0.2) is 33.7 Å². The summed E-state index contributed by atoms with van der Waals surface area (Å²) in [4.78, 5) is 22.9. The van der Waals surface area contributed by atoms with Gasteiger partial charge in [-0.2, -0.15) is 0 Å². The van der Waals surface area contributed by atoms with Crippen LogP contribution in [0.1, 0.15) is 22.8 Å². The van der Waals surface area contributed by atoms with Gasteiger partial charge in [0.15, 0.2) is 11.5 Å². The second-order valence-electron chi connectivity index (χ2n) is 5.24. The summed E-state index contributed by atoms with van der Waals surface area (Å²) in [6, 6.07) is 8.47. The molecule has 0 aliphatic rings. The van der Waals surface area contributed by atoms with Gasteiger partial charge in [-0.25, -0.2) is 0 Å². The Balaban J connectivity index is 2.05. The van der Waals surface area contributed by atoms with E-state index in [0.29, 0.717) is 13.0 Å². The van der Waals surface area contributed by atoms with Crippen LogP contribution in [0.25, 0.3) is 0 Å². The summed E-state index contributed by atoms with van der Waals surface area (Å²) in [6.07, 6.45) is 0.549. The average molecular weight is 330 g/mol. The molecule has 2 rings (SSSR count). The van der Waals surface area contributed by atoms with Crippen LogP contribution in [0.2, 0.25) is 0 Å². The number of benzene rings is 2. The van der Waals surface area contributed by atoms with Gasteiger partial charge in [0, 0.05) is 19.0 Å². The lowest BCUT2D eigenvalue weighted by Gasteiger charge is -2.10. The smallest absolute Gasteiger partial charge is 0.255 e. The zero-order valence-electron chi connectivity index (χ0n) is 13.0. The van der Waals surface area contributed by atoms with Crippen LogP contribution in [-0.2, 0) is 11.2 Å². The van der Waals surface area contributed by atoms with Crippen LogP contribution in [0.4, 0.5) is 5.69 Å². The minimum atomic E-state index is -0.536. The lowest BCUT2D eigenvalue weighted by atomic mass is 10.1. The topological polar surface area (TPSA) is 119 Å². The average Bonchev–Trinajstić information content (AvgIpc) is 2.52. The van der Waals surface area contributed by atoms with Gasteiger partial charge in [-0.3, -0.25) is 9.59 Å². The number of nitrogens with one attached hydrogen (secondary N) is 2. The van der Waals surface area contributed by atoms with E-state index in [0.717, 1.165) is 11.6 Å². The van der Waals surface area contributed by atoms with Crippen LogP contribution in [0.5, 0.6) is 17.2 Å². The Morgan fingerprint density at radius 1 is 0.958 bits per heavy atom. The molecule has 126 valence electrons. The number of phenols is 3. The van der Waals surface area contributed by atoms with Crippen molar-refractivity contribution in [3.8, 4) is 17.2 Å². The molecule has 0 bridgehead atoms. The van der Waals surface area contributed by atoms with Crippen molar-refractivity contribution in [3.63, 3.8) is 0 Å². The monoisotopic (exact) mass is 330 g/mol. The van der Waals surface area contributed by atoms with Crippen molar-refractivity contribution in [2.24, 2.45) is 0 Å². The molecular weight excluding hydrogens is 312 g/mol. The normalized spacial score (nSPS) is 10.2. The Bertz CT molecular complexity index is 774. The number of rotatable bonds is 5. The highest BCUT2D eigenvalue weighted by Crippen LogP contribution is 2.27. The standard InChI is InChI=1S/C17H18N2O5/c1-10(20)18-7-6-11-2-4-13(15(22)8-11)19-17(24)12-3-5-14(21)16(23)9-12/h2-5,8-9,21-23H,6-7H2,1H3,(H,18,20)(H,19,24). The van der Waals surface area contributed by atoms with E-state index in [2.05, 4.69) is 10.6 Å². The summed E-state index contributed by atoms with van der Waals surface area (Å²) in [5.41, 5.74) is 1.16. The van der Waals surface area contributed by atoms with Crippen molar-refractivity contribution >= 4 is 17.5 Å². The molecule has 0 radical (unpaired) electrons. The number of hydrogen-bond donors (Lipinski definition) is 5. The Labute approximate surface area is 138 Å². The molecule has 5 N–H and O–H groups in total. The molecule has 2 aromatic rings. The number of amides is 2. The highest BCUT2D eigenvalue weighted by Gasteiger charge is 2.11. The number of phenolic OH excluding ortho intramolecular Hbond substituents is 3. The third-order valence-electron chi connectivity index (χ3n) is 3.34. The quantitative estimate of drug-likeness (QED) is 0.535. The Kier molecular flexibility index (Phi) is 5.26. The molecule has 0 aliphatic heterocycles. The molecule has 7 heteroatoms. The van der Waals surface area contributed by atoms with Crippen molar-refractivity contribution in [2.45, 2.75) is 13.3 Å². The van der Waals surface area contributed by atoms with E-state index in [9.17, 15) is 24.9 Å². The zero-order chi connectivity index (χ0) is 17.7. The van der Waals surface area contributed by atoms with Gasteiger partial charge in [-0.05, 0) is 42.3 Å². The van der Waals surface area contributed by atoms with Gasteiger partial charge in [-0.1, -0.05) is 6.07 Å². The van der Waals surface area contributed by atoms with E-state index in [1.807, 2.05) is 0 Å². The number of hydrogen-bond acceptors (Lipinski definition) is 5. The SMILES string of the molecule is CC(=O)NCCc1ccc(NC(=O)c2ccc(O)c(O)c2)c(O)c1. The van der Waals surface area contributed by atoms with Crippen molar-refractivity contribution in [1.29, 1.82) is 0 Å². The van der Waals surface area contributed by atoms with E-state index >= 15 is 0 Å². The van der Waals surface area contributed by atoms with Gasteiger partial charge < -0.3 is 26.0 Å². The van der Waals surface area contributed by atoms with Gasteiger partial charge in [0.2, 0.25) is 5.91 Å². The van der Waals surface area contributed by atoms with E-state index in [1.54, 1.807) is 12.1 Å². The molecule has 0 unspecified atom stereocenters. The molecule has 0 fully saturated rings. The Morgan fingerprint density at radius 3 is 2.33 bits per heavy atom. The fourth-order valence-corrected chi connectivity index (χ4v) is 2.08.